The molecule has 0 saturated carbocycles. The Morgan fingerprint density at radius 1 is 1.42 bits per heavy atom. The van der Waals surface area contributed by atoms with Crippen molar-refractivity contribution in [3.63, 3.8) is 0 Å². The third-order valence-electron chi connectivity index (χ3n) is 2.81. The van der Waals surface area contributed by atoms with E-state index in [0.717, 1.165) is 6.54 Å². The smallest absolute Gasteiger partial charge is 0.227 e. The Balaban J connectivity index is 2.44. The minimum absolute atomic E-state index is 0.0887. The number of hydrogen-bond acceptors (Lipinski definition) is 5. The number of nitrogens with one attached hydrogen (secondary N) is 1. The van der Waals surface area contributed by atoms with E-state index in [1.54, 1.807) is 11.9 Å². The van der Waals surface area contributed by atoms with Gasteiger partial charge in [-0.1, -0.05) is 25.9 Å². The topological polar surface area (TPSA) is 71.3 Å². The summed E-state index contributed by atoms with van der Waals surface area (Å²) in [6.45, 7) is 7.57. The predicted octanol–water partition coefficient (Wildman–Crippen LogP) is 0.977. The number of rotatable bonds is 6. The van der Waals surface area contributed by atoms with E-state index in [1.165, 1.54) is 0 Å². The van der Waals surface area contributed by atoms with Crippen LogP contribution >= 0.6 is 0 Å². The second-order valence-corrected chi connectivity index (χ2v) is 5.68. The van der Waals surface area contributed by atoms with E-state index in [0.29, 0.717) is 31.1 Å². The summed E-state index contributed by atoms with van der Waals surface area (Å²) in [6, 6.07) is 0. The molecule has 6 nitrogen and oxygen atoms in total. The standard InChI is InChI=1S/C13H24N4O2/c1-13(2,3)12-15-10(19-16-12)6-7-11(18)17(5)9-8-14-4/h14H,6-9H2,1-5H3. The van der Waals surface area contributed by atoms with Crippen LogP contribution in [-0.4, -0.2) is 48.1 Å². The van der Waals surface area contributed by atoms with Gasteiger partial charge >= 0.3 is 0 Å². The summed E-state index contributed by atoms with van der Waals surface area (Å²) in [7, 11) is 3.67. The van der Waals surface area contributed by atoms with Gasteiger partial charge in [-0.25, -0.2) is 0 Å². The predicted molar refractivity (Wildman–Crippen MR) is 72.9 cm³/mol. The van der Waals surface area contributed by atoms with Gasteiger partial charge in [0, 0.05) is 38.4 Å². The number of carbonyl (C=O) groups excluding carboxylic acids is 1. The fraction of sp³-hybridized carbons (Fsp3) is 0.769. The Labute approximate surface area is 114 Å². The zero-order valence-corrected chi connectivity index (χ0v) is 12.5. The second kappa shape index (κ2) is 6.65. The molecule has 0 unspecified atom stereocenters. The molecule has 108 valence electrons. The lowest BCUT2D eigenvalue weighted by Crippen LogP contribution is -2.32. The molecule has 19 heavy (non-hydrogen) atoms. The van der Waals surface area contributed by atoms with E-state index < -0.39 is 0 Å². The van der Waals surface area contributed by atoms with Crippen molar-refractivity contribution in [2.75, 3.05) is 27.2 Å². The van der Waals surface area contributed by atoms with Crippen molar-refractivity contribution < 1.29 is 9.32 Å². The highest BCUT2D eigenvalue weighted by Crippen LogP contribution is 2.18. The van der Waals surface area contributed by atoms with Crippen LogP contribution in [0.1, 0.15) is 38.9 Å². The number of hydrogen-bond donors (Lipinski definition) is 1. The highest BCUT2D eigenvalue weighted by atomic mass is 16.5. The average Bonchev–Trinajstić information content (AvgIpc) is 2.81. The van der Waals surface area contributed by atoms with Gasteiger partial charge in [-0.3, -0.25) is 4.79 Å². The number of carbonyl (C=O) groups is 1. The zero-order valence-electron chi connectivity index (χ0n) is 12.5. The minimum atomic E-state index is -0.130. The maximum absolute atomic E-state index is 11.8. The highest BCUT2D eigenvalue weighted by Gasteiger charge is 2.21. The number of amides is 1. The molecule has 1 aromatic rings. The fourth-order valence-corrected chi connectivity index (χ4v) is 1.47. The van der Waals surface area contributed by atoms with E-state index in [2.05, 4.69) is 15.5 Å². The molecule has 0 bridgehead atoms. The van der Waals surface area contributed by atoms with Crippen molar-refractivity contribution in [2.45, 2.75) is 39.0 Å². The van der Waals surface area contributed by atoms with Crippen molar-refractivity contribution in [1.82, 2.24) is 20.4 Å². The van der Waals surface area contributed by atoms with Crippen LogP contribution in [0.15, 0.2) is 4.52 Å². The van der Waals surface area contributed by atoms with Gasteiger partial charge in [-0.15, -0.1) is 0 Å². The van der Waals surface area contributed by atoms with Crippen LogP contribution in [0, 0.1) is 0 Å². The van der Waals surface area contributed by atoms with Crippen molar-refractivity contribution in [1.29, 1.82) is 0 Å². The normalized spacial score (nSPS) is 11.6. The van der Waals surface area contributed by atoms with E-state index in [-0.39, 0.29) is 11.3 Å². The molecule has 0 saturated heterocycles. The number of nitrogens with zero attached hydrogens (tertiary/aromatic N) is 3. The van der Waals surface area contributed by atoms with Crippen molar-refractivity contribution in [3.05, 3.63) is 11.7 Å². The molecule has 1 rings (SSSR count). The molecule has 0 fully saturated rings. The molecule has 0 aliphatic carbocycles. The molecule has 0 aromatic carbocycles. The van der Waals surface area contributed by atoms with E-state index in [9.17, 15) is 4.79 Å². The van der Waals surface area contributed by atoms with Gasteiger partial charge < -0.3 is 14.7 Å². The number of aromatic nitrogens is 2. The maximum atomic E-state index is 11.8. The maximum Gasteiger partial charge on any atom is 0.227 e. The molecule has 6 heteroatoms. The van der Waals surface area contributed by atoms with Gasteiger partial charge in [-0.05, 0) is 7.05 Å². The summed E-state index contributed by atoms with van der Waals surface area (Å²) in [6.07, 6.45) is 0.887. The molecular weight excluding hydrogens is 244 g/mol. The second-order valence-electron chi connectivity index (χ2n) is 5.68. The minimum Gasteiger partial charge on any atom is -0.344 e. The fourth-order valence-electron chi connectivity index (χ4n) is 1.47. The van der Waals surface area contributed by atoms with Crippen LogP contribution in [0.5, 0.6) is 0 Å². The van der Waals surface area contributed by atoms with E-state index >= 15 is 0 Å². The Morgan fingerprint density at radius 2 is 2.11 bits per heavy atom. The number of likely N-dealkylation sites (N-methyl/N-ethyl adjacent to an activating group) is 2. The quantitative estimate of drug-likeness (QED) is 0.832. The summed E-state index contributed by atoms with van der Waals surface area (Å²) in [5.41, 5.74) is -0.130. The van der Waals surface area contributed by atoms with Crippen LogP contribution in [0.25, 0.3) is 0 Å². The monoisotopic (exact) mass is 268 g/mol. The molecule has 0 spiro atoms. The van der Waals surface area contributed by atoms with Crippen LogP contribution in [0.3, 0.4) is 0 Å². The van der Waals surface area contributed by atoms with Crippen LogP contribution in [0.4, 0.5) is 0 Å². The zero-order chi connectivity index (χ0) is 14.5. The lowest BCUT2D eigenvalue weighted by atomic mass is 9.96. The van der Waals surface area contributed by atoms with E-state index in [1.807, 2.05) is 27.8 Å². The SMILES string of the molecule is CNCCN(C)C(=O)CCc1nc(C(C)(C)C)no1. The van der Waals surface area contributed by atoms with Gasteiger partial charge in [0.05, 0.1) is 0 Å². The molecule has 1 amide bonds. The van der Waals surface area contributed by atoms with Gasteiger partial charge in [0.15, 0.2) is 5.82 Å². The molecule has 1 aromatic heterocycles. The van der Waals surface area contributed by atoms with Crippen molar-refractivity contribution in [3.8, 4) is 0 Å². The van der Waals surface area contributed by atoms with Crippen molar-refractivity contribution >= 4 is 5.91 Å². The lowest BCUT2D eigenvalue weighted by molar-refractivity contribution is -0.129. The first-order valence-electron chi connectivity index (χ1n) is 6.56. The summed E-state index contributed by atoms with van der Waals surface area (Å²) >= 11 is 0. The Morgan fingerprint density at radius 3 is 2.63 bits per heavy atom. The molecule has 0 aliphatic heterocycles. The highest BCUT2D eigenvalue weighted by molar-refractivity contribution is 5.75. The first kappa shape index (κ1) is 15.6. The first-order valence-corrected chi connectivity index (χ1v) is 6.56. The summed E-state index contributed by atoms with van der Waals surface area (Å²) < 4.78 is 5.16. The molecular formula is C13H24N4O2. The van der Waals surface area contributed by atoms with Gasteiger partial charge in [0.1, 0.15) is 0 Å². The Hall–Kier alpha value is -1.43. The van der Waals surface area contributed by atoms with Gasteiger partial charge in [0.25, 0.3) is 0 Å². The summed E-state index contributed by atoms with van der Waals surface area (Å²) in [4.78, 5) is 17.9. The molecule has 0 radical (unpaired) electrons. The Kier molecular flexibility index (Phi) is 5.47. The summed E-state index contributed by atoms with van der Waals surface area (Å²) in [5, 5.41) is 6.95. The third-order valence-corrected chi connectivity index (χ3v) is 2.81. The van der Waals surface area contributed by atoms with Crippen LogP contribution < -0.4 is 5.32 Å². The molecule has 0 atom stereocenters. The molecule has 1 N–H and O–H groups in total. The molecule has 0 aliphatic rings. The van der Waals surface area contributed by atoms with E-state index in [4.69, 9.17) is 4.52 Å². The van der Waals surface area contributed by atoms with Crippen molar-refractivity contribution in [2.24, 2.45) is 0 Å². The van der Waals surface area contributed by atoms with Crippen LogP contribution in [-0.2, 0) is 16.6 Å². The third kappa shape index (κ3) is 4.98. The first-order chi connectivity index (χ1) is 8.84. The lowest BCUT2D eigenvalue weighted by Gasteiger charge is -2.16. The summed E-state index contributed by atoms with van der Waals surface area (Å²) in [5.74, 6) is 1.30. The van der Waals surface area contributed by atoms with Gasteiger partial charge in [-0.2, -0.15) is 4.98 Å². The Bertz CT molecular complexity index is 409. The number of aryl methyl sites for hydroxylation is 1. The molecule has 1 heterocycles. The van der Waals surface area contributed by atoms with Gasteiger partial charge in [0.2, 0.25) is 11.8 Å². The average molecular weight is 268 g/mol. The largest absolute Gasteiger partial charge is 0.344 e. The van der Waals surface area contributed by atoms with Crippen LogP contribution in [0.2, 0.25) is 0 Å².